The Morgan fingerprint density at radius 2 is 2.45 bits per heavy atom. The van der Waals surface area contributed by atoms with E-state index in [2.05, 4.69) is 4.99 Å². The molecule has 1 aliphatic heterocycles. The van der Waals surface area contributed by atoms with E-state index >= 15 is 0 Å². The largest absolute Gasteiger partial charge is 0.465 e. The number of rotatable bonds is 0. The summed E-state index contributed by atoms with van der Waals surface area (Å²) in [4.78, 5) is 15.4. The van der Waals surface area contributed by atoms with E-state index in [0.29, 0.717) is 6.54 Å². The Morgan fingerprint density at radius 3 is 3.18 bits per heavy atom. The van der Waals surface area contributed by atoms with Crippen molar-refractivity contribution in [2.24, 2.45) is 4.99 Å². The molecule has 0 bridgehead atoms. The third-order valence-electron chi connectivity index (χ3n) is 1.18. The molecule has 0 saturated heterocycles. The zero-order chi connectivity index (χ0) is 8.10. The van der Waals surface area contributed by atoms with Crippen LogP contribution in [0.1, 0.15) is 0 Å². The van der Waals surface area contributed by atoms with Crippen LogP contribution in [0.2, 0.25) is 0 Å². The molecule has 0 aromatic heterocycles. The van der Waals surface area contributed by atoms with E-state index in [1.165, 1.54) is 17.3 Å². The van der Waals surface area contributed by atoms with E-state index in [0.717, 1.165) is 0 Å². The highest BCUT2D eigenvalue weighted by molar-refractivity contribution is 5.74. The van der Waals surface area contributed by atoms with Crippen LogP contribution in [0, 0.1) is 0 Å². The Kier molecular flexibility index (Phi) is 2.43. The fourth-order valence-electron chi connectivity index (χ4n) is 0.666. The average Bonchev–Trinajstić information content (AvgIpc) is 1.84. The fourth-order valence-corrected chi connectivity index (χ4v) is 0.666. The fraction of sp³-hybridized carbons (Fsp3) is 0.143. The summed E-state index contributed by atoms with van der Waals surface area (Å²) in [7, 11) is 0. The van der Waals surface area contributed by atoms with Crippen LogP contribution >= 0.6 is 0 Å². The van der Waals surface area contributed by atoms with Gasteiger partial charge in [0.05, 0.1) is 0 Å². The Bertz CT molecular complexity index is 231. The second-order valence-electron chi connectivity index (χ2n) is 1.96. The van der Waals surface area contributed by atoms with Gasteiger partial charge in [0.15, 0.2) is 0 Å². The highest BCUT2D eigenvalue weighted by Crippen LogP contribution is 1.93. The summed E-state index contributed by atoms with van der Waals surface area (Å²) in [5, 5.41) is 8.55. The quantitative estimate of drug-likeness (QED) is 0.564. The molecule has 0 saturated carbocycles. The van der Waals surface area contributed by atoms with Crippen molar-refractivity contribution in [1.29, 1.82) is 0 Å². The maximum absolute atomic E-state index is 10.4. The lowest BCUT2D eigenvalue weighted by molar-refractivity contribution is 0.166. The first-order valence-corrected chi connectivity index (χ1v) is 3.15. The summed E-state index contributed by atoms with van der Waals surface area (Å²) in [5.74, 6) is 0. The van der Waals surface area contributed by atoms with E-state index in [-0.39, 0.29) is 0 Å². The molecule has 0 atom stereocenters. The monoisotopic (exact) mass is 152 g/mol. The van der Waals surface area contributed by atoms with Gasteiger partial charge in [-0.3, -0.25) is 9.89 Å². The van der Waals surface area contributed by atoms with Gasteiger partial charge in [0.1, 0.15) is 0 Å². The van der Waals surface area contributed by atoms with Crippen molar-refractivity contribution in [2.75, 3.05) is 6.54 Å². The number of amides is 1. The first-order valence-electron chi connectivity index (χ1n) is 3.15. The highest BCUT2D eigenvalue weighted by atomic mass is 16.4. The van der Waals surface area contributed by atoms with Gasteiger partial charge in [-0.2, -0.15) is 0 Å². The van der Waals surface area contributed by atoms with Crippen LogP contribution in [0.5, 0.6) is 0 Å². The minimum atomic E-state index is -0.957. The molecule has 0 unspecified atom stereocenters. The molecule has 4 heteroatoms. The van der Waals surface area contributed by atoms with Gasteiger partial charge >= 0.3 is 6.09 Å². The number of hydrogen-bond donors (Lipinski definition) is 1. The zero-order valence-corrected chi connectivity index (χ0v) is 5.84. The van der Waals surface area contributed by atoms with Crippen molar-refractivity contribution in [1.82, 2.24) is 4.90 Å². The summed E-state index contributed by atoms with van der Waals surface area (Å²) in [5.41, 5.74) is 0. The highest BCUT2D eigenvalue weighted by Gasteiger charge is 2.04. The predicted octanol–water partition coefficient (Wildman–Crippen LogP) is 1.08. The lowest BCUT2D eigenvalue weighted by Gasteiger charge is -2.10. The second kappa shape index (κ2) is 3.55. The molecule has 0 spiro atoms. The van der Waals surface area contributed by atoms with Gasteiger partial charge in [0, 0.05) is 25.2 Å². The number of aliphatic imine (C=N–C) groups is 1. The van der Waals surface area contributed by atoms with Gasteiger partial charge in [0.25, 0.3) is 0 Å². The van der Waals surface area contributed by atoms with Gasteiger partial charge in [-0.25, -0.2) is 4.79 Å². The van der Waals surface area contributed by atoms with E-state index in [1.807, 2.05) is 0 Å². The van der Waals surface area contributed by atoms with Crippen molar-refractivity contribution < 1.29 is 9.90 Å². The SMILES string of the molecule is O=C(O)N1C=CC=NC=CC1. The standard InChI is InChI=1S/C7H8N2O2/c10-7(11)9-5-1-3-8-4-2-6-9/h1-5H,6H2,(H,10,11). The summed E-state index contributed by atoms with van der Waals surface area (Å²) in [6.45, 7) is 0.350. The van der Waals surface area contributed by atoms with Crippen molar-refractivity contribution >= 4 is 12.3 Å². The van der Waals surface area contributed by atoms with Crippen LogP contribution in [0.3, 0.4) is 0 Å². The molecule has 0 aromatic rings. The number of carbonyl (C=O) groups is 1. The Labute approximate surface area is 64.2 Å². The van der Waals surface area contributed by atoms with Crippen LogP contribution in [0.25, 0.3) is 0 Å². The summed E-state index contributed by atoms with van der Waals surface area (Å²) in [6, 6.07) is 0. The molecule has 58 valence electrons. The molecule has 0 aliphatic carbocycles. The number of allylic oxidation sites excluding steroid dienone is 1. The molecular weight excluding hydrogens is 144 g/mol. The molecule has 4 nitrogen and oxygen atoms in total. The zero-order valence-electron chi connectivity index (χ0n) is 5.84. The molecule has 0 radical (unpaired) electrons. The third-order valence-corrected chi connectivity index (χ3v) is 1.18. The van der Waals surface area contributed by atoms with Crippen molar-refractivity contribution in [3.8, 4) is 0 Å². The third kappa shape index (κ3) is 2.25. The van der Waals surface area contributed by atoms with Gasteiger partial charge in [-0.1, -0.05) is 0 Å². The predicted molar refractivity (Wildman–Crippen MR) is 41.5 cm³/mol. The van der Waals surface area contributed by atoms with Crippen LogP contribution in [0.15, 0.2) is 29.5 Å². The molecule has 1 N–H and O–H groups in total. The minimum absolute atomic E-state index is 0.350. The van der Waals surface area contributed by atoms with Gasteiger partial charge in [0.2, 0.25) is 0 Å². The molecule has 0 fully saturated rings. The topological polar surface area (TPSA) is 52.9 Å². The van der Waals surface area contributed by atoms with Gasteiger partial charge in [-0.15, -0.1) is 0 Å². The van der Waals surface area contributed by atoms with Crippen LogP contribution < -0.4 is 0 Å². The van der Waals surface area contributed by atoms with Crippen LogP contribution in [-0.4, -0.2) is 28.9 Å². The maximum atomic E-state index is 10.4. The Morgan fingerprint density at radius 1 is 1.64 bits per heavy atom. The smallest absolute Gasteiger partial charge is 0.411 e. The minimum Gasteiger partial charge on any atom is -0.465 e. The van der Waals surface area contributed by atoms with Crippen molar-refractivity contribution in [3.63, 3.8) is 0 Å². The summed E-state index contributed by atoms with van der Waals surface area (Å²) < 4.78 is 0. The average molecular weight is 152 g/mol. The van der Waals surface area contributed by atoms with Crippen LogP contribution in [-0.2, 0) is 0 Å². The van der Waals surface area contributed by atoms with Gasteiger partial charge < -0.3 is 5.11 Å². The first kappa shape index (κ1) is 7.53. The second-order valence-corrected chi connectivity index (χ2v) is 1.96. The Balaban J connectivity index is 2.68. The molecule has 11 heavy (non-hydrogen) atoms. The lowest BCUT2D eigenvalue weighted by atomic mass is 10.5. The number of nitrogens with zero attached hydrogens (tertiary/aromatic N) is 2. The van der Waals surface area contributed by atoms with Crippen LogP contribution in [0.4, 0.5) is 4.79 Å². The summed E-state index contributed by atoms with van der Waals surface area (Å²) >= 11 is 0. The molecule has 1 rings (SSSR count). The van der Waals surface area contributed by atoms with E-state index in [4.69, 9.17) is 5.11 Å². The number of hydrogen-bond acceptors (Lipinski definition) is 2. The Hall–Kier alpha value is -1.58. The van der Waals surface area contributed by atoms with E-state index in [9.17, 15) is 4.79 Å². The van der Waals surface area contributed by atoms with Gasteiger partial charge in [-0.05, 0) is 12.2 Å². The van der Waals surface area contributed by atoms with E-state index < -0.39 is 6.09 Å². The molecule has 1 amide bonds. The molecule has 1 heterocycles. The normalized spacial score (nSPS) is 16.2. The van der Waals surface area contributed by atoms with Crippen molar-refractivity contribution in [3.05, 3.63) is 24.6 Å². The van der Waals surface area contributed by atoms with E-state index in [1.54, 1.807) is 18.4 Å². The molecular formula is C7H8N2O2. The number of carboxylic acid groups (broad SMARTS) is 1. The maximum Gasteiger partial charge on any atom is 0.411 e. The molecule has 0 aromatic carbocycles. The summed E-state index contributed by atoms with van der Waals surface area (Å²) in [6.07, 6.45) is 6.87. The first-order chi connectivity index (χ1) is 5.30. The lowest BCUT2D eigenvalue weighted by Crippen LogP contribution is -2.23. The van der Waals surface area contributed by atoms with Crippen molar-refractivity contribution in [2.45, 2.75) is 0 Å². The molecule has 1 aliphatic rings.